The fraction of sp³-hybridized carbons (Fsp3) is 0.941. The molecule has 1 saturated heterocycles. The van der Waals surface area contributed by atoms with Gasteiger partial charge in [-0.3, -0.25) is 4.99 Å². The molecule has 0 aromatic rings. The average Bonchev–Trinajstić information content (AvgIpc) is 2.91. The lowest BCUT2D eigenvalue weighted by atomic mass is 9.86. The second kappa shape index (κ2) is 10.2. The Kier molecular flexibility index (Phi) is 8.32. The van der Waals surface area contributed by atoms with E-state index >= 15 is 0 Å². The van der Waals surface area contributed by atoms with Crippen LogP contribution in [-0.4, -0.2) is 57.2 Å². The molecule has 0 amide bonds. The minimum absolute atomic E-state index is 0.294. The molecule has 2 aliphatic rings. The maximum Gasteiger partial charge on any atom is 0.214 e. The van der Waals surface area contributed by atoms with Gasteiger partial charge in [-0.05, 0) is 32.1 Å². The standard InChI is InChI=1S/C17H34N4O2S/c1-2-18-17(19-11-6-10-16-8-4-3-5-9-16)20-12-14-21-13-7-15-24(21,22)23/h16H,2-15H2,1H3,(H2,18,19,20). The summed E-state index contributed by atoms with van der Waals surface area (Å²) < 4.78 is 25.1. The van der Waals surface area contributed by atoms with Crippen LogP contribution in [0.2, 0.25) is 0 Å². The Bertz CT molecular complexity index is 487. The van der Waals surface area contributed by atoms with Gasteiger partial charge in [-0.1, -0.05) is 32.1 Å². The maximum atomic E-state index is 11.8. The van der Waals surface area contributed by atoms with Gasteiger partial charge < -0.3 is 10.6 Å². The molecule has 1 aliphatic heterocycles. The van der Waals surface area contributed by atoms with Gasteiger partial charge in [0, 0.05) is 32.7 Å². The van der Waals surface area contributed by atoms with Gasteiger partial charge in [-0.2, -0.15) is 0 Å². The zero-order valence-corrected chi connectivity index (χ0v) is 15.9. The predicted molar refractivity (Wildman–Crippen MR) is 99.8 cm³/mol. The second-order valence-corrected chi connectivity index (χ2v) is 8.99. The first-order valence-corrected chi connectivity index (χ1v) is 11.2. The topological polar surface area (TPSA) is 73.8 Å². The first-order valence-electron chi connectivity index (χ1n) is 9.62. The molecule has 2 fully saturated rings. The van der Waals surface area contributed by atoms with Crippen molar-refractivity contribution in [1.82, 2.24) is 14.9 Å². The number of hydrogen-bond acceptors (Lipinski definition) is 3. The van der Waals surface area contributed by atoms with Crippen molar-refractivity contribution in [2.45, 2.75) is 58.3 Å². The fourth-order valence-electron chi connectivity index (χ4n) is 3.63. The lowest BCUT2D eigenvalue weighted by Gasteiger charge is -2.21. The third-order valence-corrected chi connectivity index (χ3v) is 6.92. The van der Waals surface area contributed by atoms with Crippen molar-refractivity contribution in [3.63, 3.8) is 0 Å². The van der Waals surface area contributed by atoms with Crippen LogP contribution >= 0.6 is 0 Å². The largest absolute Gasteiger partial charge is 0.357 e. The van der Waals surface area contributed by atoms with Crippen molar-refractivity contribution in [2.24, 2.45) is 10.9 Å². The second-order valence-electron chi connectivity index (χ2n) is 6.90. The molecule has 7 heteroatoms. The van der Waals surface area contributed by atoms with E-state index in [1.165, 1.54) is 38.5 Å². The summed E-state index contributed by atoms with van der Waals surface area (Å²) in [4.78, 5) is 4.62. The monoisotopic (exact) mass is 358 g/mol. The lowest BCUT2D eigenvalue weighted by molar-refractivity contribution is 0.334. The average molecular weight is 359 g/mol. The van der Waals surface area contributed by atoms with Gasteiger partial charge in [-0.15, -0.1) is 0 Å². The first kappa shape index (κ1) is 19.5. The molecule has 0 aromatic heterocycles. The van der Waals surface area contributed by atoms with Crippen molar-refractivity contribution >= 4 is 16.0 Å². The Balaban J connectivity index is 1.66. The summed E-state index contributed by atoms with van der Waals surface area (Å²) in [6.45, 7) is 5.48. The zero-order chi connectivity index (χ0) is 17.3. The van der Waals surface area contributed by atoms with Crippen LogP contribution in [0.25, 0.3) is 0 Å². The number of hydrogen-bond donors (Lipinski definition) is 2. The number of nitrogens with zero attached hydrogens (tertiary/aromatic N) is 2. The van der Waals surface area contributed by atoms with Gasteiger partial charge in [-0.25, -0.2) is 12.7 Å². The molecular formula is C17H34N4O2S. The lowest BCUT2D eigenvalue weighted by Crippen LogP contribution is -2.42. The zero-order valence-electron chi connectivity index (χ0n) is 15.1. The Labute approximate surface area is 147 Å². The van der Waals surface area contributed by atoms with E-state index in [2.05, 4.69) is 15.6 Å². The van der Waals surface area contributed by atoms with Crippen molar-refractivity contribution in [3.8, 4) is 0 Å². The summed E-state index contributed by atoms with van der Waals surface area (Å²) >= 11 is 0. The van der Waals surface area contributed by atoms with Gasteiger partial charge >= 0.3 is 0 Å². The van der Waals surface area contributed by atoms with Gasteiger partial charge in [0.05, 0.1) is 5.75 Å². The van der Waals surface area contributed by atoms with Crippen LogP contribution in [0.1, 0.15) is 58.3 Å². The van der Waals surface area contributed by atoms with Crippen LogP contribution in [-0.2, 0) is 10.0 Å². The van der Waals surface area contributed by atoms with Crippen molar-refractivity contribution in [3.05, 3.63) is 0 Å². The third-order valence-electron chi connectivity index (χ3n) is 4.97. The van der Waals surface area contributed by atoms with Gasteiger partial charge in [0.25, 0.3) is 0 Å². The summed E-state index contributed by atoms with van der Waals surface area (Å²) in [5.41, 5.74) is 0. The van der Waals surface area contributed by atoms with Crippen LogP contribution in [0.4, 0.5) is 0 Å². The molecule has 1 aliphatic carbocycles. The summed E-state index contributed by atoms with van der Waals surface area (Å²) in [5, 5.41) is 6.49. The Morgan fingerprint density at radius 1 is 1.17 bits per heavy atom. The highest BCUT2D eigenvalue weighted by atomic mass is 32.2. The number of nitrogens with one attached hydrogen (secondary N) is 2. The van der Waals surface area contributed by atoms with Crippen LogP contribution < -0.4 is 10.6 Å². The molecule has 0 spiro atoms. The summed E-state index contributed by atoms with van der Waals surface area (Å²) in [5.74, 6) is 2.00. The maximum absolute atomic E-state index is 11.8. The van der Waals surface area contributed by atoms with Crippen LogP contribution in [0.5, 0.6) is 0 Å². The number of rotatable bonds is 8. The molecule has 140 valence electrons. The van der Waals surface area contributed by atoms with E-state index in [-0.39, 0.29) is 0 Å². The van der Waals surface area contributed by atoms with E-state index < -0.39 is 10.0 Å². The minimum Gasteiger partial charge on any atom is -0.357 e. The van der Waals surface area contributed by atoms with Gasteiger partial charge in [0.1, 0.15) is 0 Å². The normalized spacial score (nSPS) is 22.6. The van der Waals surface area contributed by atoms with E-state index in [9.17, 15) is 8.42 Å². The Morgan fingerprint density at radius 2 is 1.96 bits per heavy atom. The molecule has 6 nitrogen and oxygen atoms in total. The molecular weight excluding hydrogens is 324 g/mol. The highest BCUT2D eigenvalue weighted by Gasteiger charge is 2.27. The summed E-state index contributed by atoms with van der Waals surface area (Å²) in [7, 11) is -3.00. The predicted octanol–water partition coefficient (Wildman–Crippen LogP) is 1.94. The van der Waals surface area contributed by atoms with E-state index in [0.717, 1.165) is 37.8 Å². The molecule has 1 heterocycles. The van der Waals surface area contributed by atoms with Crippen molar-refractivity contribution in [2.75, 3.05) is 38.5 Å². The Morgan fingerprint density at radius 3 is 2.62 bits per heavy atom. The highest BCUT2D eigenvalue weighted by Crippen LogP contribution is 2.27. The molecule has 0 atom stereocenters. The minimum atomic E-state index is -3.00. The molecule has 0 unspecified atom stereocenters. The van der Waals surface area contributed by atoms with Gasteiger partial charge in [0.15, 0.2) is 5.96 Å². The smallest absolute Gasteiger partial charge is 0.214 e. The summed E-state index contributed by atoms with van der Waals surface area (Å²) in [6.07, 6.45) is 10.2. The quantitative estimate of drug-likeness (QED) is 0.395. The van der Waals surface area contributed by atoms with Crippen LogP contribution in [0.3, 0.4) is 0 Å². The molecule has 0 bridgehead atoms. The third kappa shape index (κ3) is 6.59. The first-order chi connectivity index (χ1) is 11.6. The molecule has 1 saturated carbocycles. The Hall–Kier alpha value is -0.820. The number of guanidine groups is 1. The van der Waals surface area contributed by atoms with E-state index in [0.29, 0.717) is 25.4 Å². The molecule has 2 rings (SSSR count). The number of sulfonamides is 1. The van der Waals surface area contributed by atoms with E-state index in [1.807, 2.05) is 6.92 Å². The van der Waals surface area contributed by atoms with Crippen molar-refractivity contribution < 1.29 is 8.42 Å². The SMILES string of the molecule is CCNC(=NCCCC1CCCCC1)NCCN1CCCS1(=O)=O. The fourth-order valence-corrected chi connectivity index (χ4v) is 5.16. The van der Waals surface area contributed by atoms with E-state index in [1.54, 1.807) is 4.31 Å². The summed E-state index contributed by atoms with van der Waals surface area (Å²) in [6, 6.07) is 0. The highest BCUT2D eigenvalue weighted by molar-refractivity contribution is 7.89. The number of aliphatic imine (C=N–C) groups is 1. The van der Waals surface area contributed by atoms with Gasteiger partial charge in [0.2, 0.25) is 10.0 Å². The van der Waals surface area contributed by atoms with Crippen LogP contribution in [0.15, 0.2) is 4.99 Å². The molecule has 0 radical (unpaired) electrons. The van der Waals surface area contributed by atoms with Crippen molar-refractivity contribution in [1.29, 1.82) is 0 Å². The van der Waals surface area contributed by atoms with E-state index in [4.69, 9.17) is 0 Å². The molecule has 24 heavy (non-hydrogen) atoms. The molecule has 0 aromatic carbocycles. The molecule has 2 N–H and O–H groups in total. The van der Waals surface area contributed by atoms with Crippen LogP contribution in [0, 0.1) is 5.92 Å².